The monoisotopic (exact) mass is 325 g/mol. The van der Waals surface area contributed by atoms with E-state index < -0.39 is 0 Å². The topological polar surface area (TPSA) is 35.2 Å². The van der Waals surface area contributed by atoms with Crippen LogP contribution in [0.2, 0.25) is 5.02 Å². The molecule has 0 spiro atoms. The lowest BCUT2D eigenvalue weighted by Gasteiger charge is -2.08. The Bertz CT molecular complexity index is 545. The second-order valence-corrected chi connectivity index (χ2v) is 5.32. The second-order valence-electron chi connectivity index (χ2n) is 3.97. The van der Waals surface area contributed by atoms with Crippen molar-refractivity contribution in [3.8, 4) is 0 Å². The summed E-state index contributed by atoms with van der Waals surface area (Å²) < 4.78 is 6.68. The van der Waals surface area contributed by atoms with Crippen LogP contribution in [0.4, 0.5) is 5.69 Å². The third kappa shape index (κ3) is 3.73. The van der Waals surface area contributed by atoms with E-state index in [1.807, 2.05) is 30.3 Å². The average Bonchev–Trinajstić information content (AvgIpc) is 2.34. The van der Waals surface area contributed by atoms with Crippen LogP contribution in [0.25, 0.3) is 0 Å². The summed E-state index contributed by atoms with van der Waals surface area (Å²) in [5.41, 5.74) is 8.58. The van der Waals surface area contributed by atoms with Gasteiger partial charge in [-0.05, 0) is 35.9 Å². The first-order valence-electron chi connectivity index (χ1n) is 5.51. The predicted octanol–water partition coefficient (Wildman–Crippen LogP) is 4.40. The highest BCUT2D eigenvalue weighted by atomic mass is 79.9. The van der Waals surface area contributed by atoms with Gasteiger partial charge in [0.15, 0.2) is 0 Å². The molecule has 2 N–H and O–H groups in total. The molecule has 0 bridgehead atoms. The minimum atomic E-state index is 0.457. The van der Waals surface area contributed by atoms with Gasteiger partial charge in [0, 0.05) is 20.7 Å². The highest BCUT2D eigenvalue weighted by Gasteiger charge is 2.01. The molecule has 0 unspecified atom stereocenters. The van der Waals surface area contributed by atoms with Gasteiger partial charge in [0.05, 0.1) is 13.2 Å². The fraction of sp³-hybridized carbons (Fsp3) is 0.143. The molecule has 0 aliphatic carbocycles. The van der Waals surface area contributed by atoms with Gasteiger partial charge in [0.2, 0.25) is 0 Å². The number of halogens is 2. The lowest BCUT2D eigenvalue weighted by molar-refractivity contribution is 0.107. The Balaban J connectivity index is 1.94. The average molecular weight is 327 g/mol. The molecule has 0 saturated heterocycles. The number of nitrogens with two attached hydrogens (primary N) is 1. The number of rotatable bonds is 4. The predicted molar refractivity (Wildman–Crippen MR) is 78.5 cm³/mol. The number of nitrogen functional groups attached to an aromatic ring is 1. The molecule has 0 atom stereocenters. The summed E-state index contributed by atoms with van der Waals surface area (Å²) in [5.74, 6) is 0. The van der Waals surface area contributed by atoms with E-state index in [-0.39, 0.29) is 0 Å². The normalized spacial score (nSPS) is 10.6. The summed E-state index contributed by atoms with van der Waals surface area (Å²) >= 11 is 9.34. The van der Waals surface area contributed by atoms with Gasteiger partial charge in [-0.25, -0.2) is 0 Å². The van der Waals surface area contributed by atoms with Crippen LogP contribution in [0.3, 0.4) is 0 Å². The molecule has 0 fully saturated rings. The zero-order chi connectivity index (χ0) is 13.0. The van der Waals surface area contributed by atoms with Gasteiger partial charge in [-0.1, -0.05) is 39.7 Å². The van der Waals surface area contributed by atoms with Crippen LogP contribution >= 0.6 is 27.5 Å². The van der Waals surface area contributed by atoms with Crippen LogP contribution in [0.1, 0.15) is 11.1 Å². The van der Waals surface area contributed by atoms with Crippen LogP contribution in [-0.2, 0) is 18.0 Å². The minimum absolute atomic E-state index is 0.457. The van der Waals surface area contributed by atoms with Crippen LogP contribution in [0.15, 0.2) is 46.9 Å². The van der Waals surface area contributed by atoms with Crippen molar-refractivity contribution in [1.29, 1.82) is 0 Å². The molecule has 0 aliphatic heterocycles. The summed E-state index contributed by atoms with van der Waals surface area (Å²) in [6.45, 7) is 1.00. The maximum absolute atomic E-state index is 5.92. The van der Waals surface area contributed by atoms with Crippen molar-refractivity contribution in [3.05, 3.63) is 63.1 Å². The lowest BCUT2D eigenvalue weighted by Crippen LogP contribution is -1.98. The first-order chi connectivity index (χ1) is 8.65. The van der Waals surface area contributed by atoms with Gasteiger partial charge >= 0.3 is 0 Å². The molecule has 0 amide bonds. The summed E-state index contributed by atoms with van der Waals surface area (Å²) in [4.78, 5) is 0. The largest absolute Gasteiger partial charge is 0.398 e. The molecule has 0 aliphatic rings. The third-order valence-electron chi connectivity index (χ3n) is 2.52. The number of benzene rings is 2. The Labute approximate surface area is 120 Å². The van der Waals surface area contributed by atoms with E-state index in [0.717, 1.165) is 15.6 Å². The van der Waals surface area contributed by atoms with Crippen molar-refractivity contribution in [2.45, 2.75) is 13.2 Å². The van der Waals surface area contributed by atoms with E-state index in [9.17, 15) is 0 Å². The molecule has 0 aromatic heterocycles. The zero-order valence-corrected chi connectivity index (χ0v) is 12.0. The second kappa shape index (κ2) is 6.23. The third-order valence-corrected chi connectivity index (χ3v) is 3.25. The SMILES string of the molecule is Nc1ccc(Cl)cc1COCc1cccc(Br)c1. The molecule has 18 heavy (non-hydrogen) atoms. The van der Waals surface area contributed by atoms with Crippen molar-refractivity contribution in [2.75, 3.05) is 5.73 Å². The molecule has 0 saturated carbocycles. The van der Waals surface area contributed by atoms with Crippen molar-refractivity contribution in [3.63, 3.8) is 0 Å². The molecule has 2 aromatic carbocycles. The van der Waals surface area contributed by atoms with E-state index in [4.69, 9.17) is 22.1 Å². The number of anilines is 1. The Morgan fingerprint density at radius 2 is 1.94 bits per heavy atom. The number of hydrogen-bond acceptors (Lipinski definition) is 2. The Hall–Kier alpha value is -1.03. The molecule has 2 nitrogen and oxygen atoms in total. The Morgan fingerprint density at radius 3 is 2.72 bits per heavy atom. The molecule has 0 radical (unpaired) electrons. The quantitative estimate of drug-likeness (QED) is 0.845. The van der Waals surface area contributed by atoms with E-state index >= 15 is 0 Å². The van der Waals surface area contributed by atoms with E-state index in [2.05, 4.69) is 15.9 Å². The number of ether oxygens (including phenoxy) is 1. The molecular formula is C14H13BrClNO. The zero-order valence-electron chi connectivity index (χ0n) is 9.70. The van der Waals surface area contributed by atoms with Crippen molar-refractivity contribution in [1.82, 2.24) is 0 Å². The molecule has 4 heteroatoms. The van der Waals surface area contributed by atoms with Gasteiger partial charge in [0.1, 0.15) is 0 Å². The van der Waals surface area contributed by atoms with Crippen LogP contribution in [0.5, 0.6) is 0 Å². The summed E-state index contributed by atoms with van der Waals surface area (Å²) in [6.07, 6.45) is 0. The van der Waals surface area contributed by atoms with Crippen LogP contribution in [-0.4, -0.2) is 0 Å². The van der Waals surface area contributed by atoms with Gasteiger partial charge < -0.3 is 10.5 Å². The van der Waals surface area contributed by atoms with Crippen LogP contribution < -0.4 is 5.73 Å². The highest BCUT2D eigenvalue weighted by molar-refractivity contribution is 9.10. The van der Waals surface area contributed by atoms with Crippen molar-refractivity contribution in [2.24, 2.45) is 0 Å². The smallest absolute Gasteiger partial charge is 0.0741 e. The molecule has 94 valence electrons. The fourth-order valence-electron chi connectivity index (χ4n) is 1.60. The van der Waals surface area contributed by atoms with Gasteiger partial charge in [0.25, 0.3) is 0 Å². The maximum Gasteiger partial charge on any atom is 0.0741 e. The van der Waals surface area contributed by atoms with Crippen LogP contribution in [0, 0.1) is 0 Å². The molecular weight excluding hydrogens is 314 g/mol. The highest BCUT2D eigenvalue weighted by Crippen LogP contribution is 2.19. The summed E-state index contributed by atoms with van der Waals surface area (Å²) in [7, 11) is 0. The van der Waals surface area contributed by atoms with Gasteiger partial charge in [-0.2, -0.15) is 0 Å². The number of hydrogen-bond donors (Lipinski definition) is 1. The first-order valence-corrected chi connectivity index (χ1v) is 6.68. The standard InChI is InChI=1S/C14H13BrClNO/c15-12-3-1-2-10(6-12)8-18-9-11-7-13(16)4-5-14(11)17/h1-7H,8-9,17H2. The first kappa shape index (κ1) is 13.4. The van der Waals surface area contributed by atoms with E-state index in [1.54, 1.807) is 12.1 Å². The minimum Gasteiger partial charge on any atom is -0.398 e. The molecule has 2 aromatic rings. The van der Waals surface area contributed by atoms with Gasteiger partial charge in [-0.3, -0.25) is 0 Å². The fourth-order valence-corrected chi connectivity index (χ4v) is 2.25. The van der Waals surface area contributed by atoms with E-state index in [0.29, 0.717) is 23.9 Å². The summed E-state index contributed by atoms with van der Waals surface area (Å²) in [5, 5.41) is 0.672. The van der Waals surface area contributed by atoms with Gasteiger partial charge in [-0.15, -0.1) is 0 Å². The van der Waals surface area contributed by atoms with Crippen molar-refractivity contribution >= 4 is 33.2 Å². The maximum atomic E-state index is 5.92. The lowest BCUT2D eigenvalue weighted by atomic mass is 10.2. The Morgan fingerprint density at radius 1 is 1.11 bits per heavy atom. The summed E-state index contributed by atoms with van der Waals surface area (Å²) in [6, 6.07) is 13.4. The van der Waals surface area contributed by atoms with E-state index in [1.165, 1.54) is 0 Å². The molecule has 2 rings (SSSR count). The molecule has 0 heterocycles. The van der Waals surface area contributed by atoms with Crippen molar-refractivity contribution < 1.29 is 4.74 Å². The Kier molecular flexibility index (Phi) is 4.64.